The van der Waals surface area contributed by atoms with Crippen LogP contribution in [-0.2, 0) is 19.6 Å². The Balaban J connectivity index is 0.00000342. The molecule has 0 saturated carbocycles. The van der Waals surface area contributed by atoms with Crippen LogP contribution < -0.4 is 29.6 Å². The quantitative estimate of drug-likeness (QED) is 0.219. The summed E-state index contributed by atoms with van der Waals surface area (Å²) in [4.78, 5) is 16.1. The first kappa shape index (κ1) is 26.6. The van der Waals surface area contributed by atoms with Crippen molar-refractivity contribution in [2.45, 2.75) is 18.7 Å². The second-order valence-corrected chi connectivity index (χ2v) is 9.20. The van der Waals surface area contributed by atoms with Gasteiger partial charge in [-0.2, -0.15) is 0 Å². The normalized spacial score (nSPS) is 15.4. The first-order chi connectivity index (χ1) is 16.4. The van der Waals surface area contributed by atoms with Gasteiger partial charge in [0, 0.05) is 22.8 Å². The molecule has 0 fully saturated rings. The third-order valence-corrected chi connectivity index (χ3v) is 6.42. The van der Waals surface area contributed by atoms with E-state index < -0.39 is 16.0 Å². The van der Waals surface area contributed by atoms with Gasteiger partial charge in [0.15, 0.2) is 0 Å². The van der Waals surface area contributed by atoms with E-state index in [-0.39, 0.29) is 41.1 Å². The van der Waals surface area contributed by atoms with Gasteiger partial charge < -0.3 is 14.7 Å². The standard InChI is InChI=1S/C27H24N2O4S.Na/c1-3-33-24(30)18-23-25(20-10-6-4-7-11-20)26(21-12-8-5-9-13-21)27(23)28-29-34(31,32)22-16-14-19(2)15-17-22;/h4-18H,3H2,1-2H3,(H,29,30);/q;+1/p-1. The molecule has 0 N–H and O–H groups in total. The number of aryl methyl sites for hydroxylation is 1. The molecule has 0 spiro atoms. The maximum atomic E-state index is 12.8. The molecule has 0 aromatic heterocycles. The molecule has 0 atom stereocenters. The zero-order valence-corrected chi connectivity index (χ0v) is 22.6. The average molecular weight is 495 g/mol. The Labute approximate surface area is 227 Å². The van der Waals surface area contributed by atoms with Crippen LogP contribution in [0.25, 0.3) is 16.0 Å². The average Bonchev–Trinajstić information content (AvgIpc) is 2.83. The molecule has 8 heteroatoms. The van der Waals surface area contributed by atoms with Gasteiger partial charge in [0.1, 0.15) is 10.0 Å². The second kappa shape index (κ2) is 11.6. The number of hydrogen-bond donors (Lipinski definition) is 0. The topological polar surface area (TPSA) is 86.9 Å². The van der Waals surface area contributed by atoms with Crippen LogP contribution in [0.2, 0.25) is 0 Å². The predicted molar refractivity (Wildman–Crippen MR) is 134 cm³/mol. The number of rotatable bonds is 7. The number of nitrogens with zero attached hydrogens (tertiary/aromatic N) is 2. The van der Waals surface area contributed by atoms with Crippen molar-refractivity contribution in [1.82, 2.24) is 0 Å². The Bertz CT molecular complexity index is 1400. The van der Waals surface area contributed by atoms with Gasteiger partial charge in [0.2, 0.25) is 0 Å². The maximum Gasteiger partial charge on any atom is 1.00 e. The van der Waals surface area contributed by atoms with Crippen LogP contribution in [0.5, 0.6) is 0 Å². The molecule has 0 amide bonds. The molecule has 0 radical (unpaired) electrons. The van der Waals surface area contributed by atoms with Gasteiger partial charge in [-0.25, -0.2) is 13.2 Å². The van der Waals surface area contributed by atoms with Gasteiger partial charge in [0.05, 0.1) is 17.2 Å². The van der Waals surface area contributed by atoms with E-state index in [1.807, 2.05) is 67.6 Å². The van der Waals surface area contributed by atoms with Gasteiger partial charge >= 0.3 is 35.5 Å². The van der Waals surface area contributed by atoms with Crippen molar-refractivity contribution >= 4 is 32.9 Å². The van der Waals surface area contributed by atoms with Crippen LogP contribution in [0.1, 0.15) is 23.6 Å². The first-order valence-electron chi connectivity index (χ1n) is 10.8. The number of hydrogen-bond acceptors (Lipinski definition) is 5. The molecular weight excluding hydrogens is 471 g/mol. The molecule has 0 saturated heterocycles. The van der Waals surface area contributed by atoms with Gasteiger partial charge in [-0.15, -0.1) is 0 Å². The van der Waals surface area contributed by atoms with E-state index in [2.05, 4.69) is 9.93 Å². The zero-order valence-electron chi connectivity index (χ0n) is 19.8. The summed E-state index contributed by atoms with van der Waals surface area (Å²) in [7, 11) is -4.03. The van der Waals surface area contributed by atoms with Gasteiger partial charge in [0.25, 0.3) is 0 Å². The fourth-order valence-corrected chi connectivity index (χ4v) is 4.40. The van der Waals surface area contributed by atoms with Crippen LogP contribution in [-0.4, -0.2) is 26.7 Å². The molecule has 4 rings (SSSR count). The number of esters is 1. The molecule has 0 unspecified atom stereocenters. The molecule has 1 aliphatic carbocycles. The number of carbonyl (C=O) groups excluding carboxylic acids is 1. The van der Waals surface area contributed by atoms with Gasteiger partial charge in [-0.05, 0) is 37.1 Å². The number of ether oxygens (including phenoxy) is 1. The van der Waals surface area contributed by atoms with Crippen molar-refractivity contribution in [2.75, 3.05) is 6.61 Å². The van der Waals surface area contributed by atoms with Crippen molar-refractivity contribution in [1.29, 1.82) is 0 Å². The van der Waals surface area contributed by atoms with Crippen molar-refractivity contribution in [3.8, 4) is 0 Å². The molecule has 1 aliphatic rings. The molecule has 0 heterocycles. The van der Waals surface area contributed by atoms with Crippen LogP contribution >= 0.6 is 0 Å². The van der Waals surface area contributed by atoms with Crippen molar-refractivity contribution in [2.24, 2.45) is 5.10 Å². The van der Waals surface area contributed by atoms with Crippen LogP contribution in [0.3, 0.4) is 0 Å². The number of carbonyl (C=O) groups is 1. The van der Waals surface area contributed by atoms with Crippen LogP contribution in [0, 0.1) is 6.92 Å². The molecule has 172 valence electrons. The number of benzene rings is 3. The van der Waals surface area contributed by atoms with Gasteiger partial charge in [-0.3, -0.25) is 0 Å². The summed E-state index contributed by atoms with van der Waals surface area (Å²) in [6.45, 7) is 3.81. The third kappa shape index (κ3) is 6.00. The summed E-state index contributed by atoms with van der Waals surface area (Å²) >= 11 is 0. The summed E-state index contributed by atoms with van der Waals surface area (Å²) in [5, 5.41) is 4.15. The Morgan fingerprint density at radius 1 is 0.886 bits per heavy atom. The summed E-state index contributed by atoms with van der Waals surface area (Å²) in [5.41, 5.74) is 4.93. The fourth-order valence-electron chi connectivity index (χ4n) is 3.63. The molecule has 35 heavy (non-hydrogen) atoms. The van der Waals surface area contributed by atoms with E-state index in [4.69, 9.17) is 4.74 Å². The molecular formula is C27H23N2NaO4S. The van der Waals surface area contributed by atoms with E-state index in [0.29, 0.717) is 16.9 Å². The minimum absolute atomic E-state index is 0. The molecule has 0 bridgehead atoms. The molecule has 3 aromatic rings. The van der Waals surface area contributed by atoms with Crippen molar-refractivity contribution in [3.05, 3.63) is 118 Å². The third-order valence-electron chi connectivity index (χ3n) is 5.25. The smallest absolute Gasteiger partial charge is 0.490 e. The zero-order chi connectivity index (χ0) is 24.1. The van der Waals surface area contributed by atoms with E-state index in [1.165, 1.54) is 18.2 Å². The summed E-state index contributed by atoms with van der Waals surface area (Å²) < 4.78 is 30.7. The Morgan fingerprint density at radius 3 is 1.97 bits per heavy atom. The minimum atomic E-state index is -4.03. The van der Waals surface area contributed by atoms with E-state index in [0.717, 1.165) is 22.3 Å². The summed E-state index contributed by atoms with van der Waals surface area (Å²) in [5.74, 6) is -0.535. The fraction of sp³-hybridized carbons (Fsp3) is 0.111. The van der Waals surface area contributed by atoms with E-state index >= 15 is 0 Å². The van der Waals surface area contributed by atoms with Crippen molar-refractivity contribution < 1.29 is 47.5 Å². The monoisotopic (exact) mass is 494 g/mol. The Kier molecular flexibility index (Phi) is 8.86. The Morgan fingerprint density at radius 2 is 1.43 bits per heavy atom. The summed E-state index contributed by atoms with van der Waals surface area (Å²) in [6, 6.07) is 25.4. The molecule has 3 aromatic carbocycles. The van der Waals surface area contributed by atoms with E-state index in [1.54, 1.807) is 19.1 Å². The predicted octanol–water partition coefficient (Wildman–Crippen LogP) is 2.53. The SMILES string of the molecule is CCOC(=O)/C=C1C(c2ccccc2)=C(c2ccccc2)C/1=N/[N-]S(=O)(=O)c1ccc(C)cc1.[Na+]. The first-order valence-corrected chi connectivity index (χ1v) is 12.2. The molecule has 0 aliphatic heterocycles. The maximum absolute atomic E-state index is 12.8. The minimum Gasteiger partial charge on any atom is -0.490 e. The van der Waals surface area contributed by atoms with E-state index in [9.17, 15) is 13.2 Å². The van der Waals surface area contributed by atoms with Crippen LogP contribution in [0.4, 0.5) is 0 Å². The number of allylic oxidation sites excluding steroid dienone is 3. The van der Waals surface area contributed by atoms with Crippen LogP contribution in [0.15, 0.2) is 107 Å². The van der Waals surface area contributed by atoms with Gasteiger partial charge in [-0.1, -0.05) is 78.4 Å². The molecule has 6 nitrogen and oxygen atoms in total. The Hall–Kier alpha value is -2.97. The number of sulfonamides is 1. The second-order valence-electron chi connectivity index (χ2n) is 7.61. The summed E-state index contributed by atoms with van der Waals surface area (Å²) in [6.07, 6.45) is 1.34. The van der Waals surface area contributed by atoms with Crippen molar-refractivity contribution in [3.63, 3.8) is 0 Å². The largest absolute Gasteiger partial charge is 1.00 e.